The summed E-state index contributed by atoms with van der Waals surface area (Å²) in [5.41, 5.74) is 1.04. The quantitative estimate of drug-likeness (QED) is 0.817. The van der Waals surface area contributed by atoms with Crippen LogP contribution in [0.5, 0.6) is 0 Å². The van der Waals surface area contributed by atoms with Gasteiger partial charge < -0.3 is 10.2 Å². The Balaban J connectivity index is 2.94. The van der Waals surface area contributed by atoms with E-state index in [1.165, 1.54) is 0 Å². The van der Waals surface area contributed by atoms with Gasteiger partial charge in [0.15, 0.2) is 0 Å². The molecule has 5 heteroatoms. The highest BCUT2D eigenvalue weighted by molar-refractivity contribution is 5.57. The highest BCUT2D eigenvalue weighted by Crippen LogP contribution is 2.22. The standard InChI is InChI=1S/C14H23N5/c1-5-7-16-13-12(4)14(18-10-17-13)19(6-2)9-11(3)8-15/h10-11H,5-7,9H2,1-4H3,(H,16,17,18). The maximum Gasteiger partial charge on any atom is 0.137 e. The van der Waals surface area contributed by atoms with Crippen molar-refractivity contribution in [2.45, 2.75) is 34.1 Å². The predicted octanol–water partition coefficient (Wildman–Crippen LogP) is 2.59. The molecule has 0 amide bonds. The van der Waals surface area contributed by atoms with Crippen molar-refractivity contribution >= 4 is 11.6 Å². The zero-order valence-electron chi connectivity index (χ0n) is 12.3. The summed E-state index contributed by atoms with van der Waals surface area (Å²) in [5.74, 6) is 1.79. The van der Waals surface area contributed by atoms with Crippen molar-refractivity contribution < 1.29 is 0 Å². The van der Waals surface area contributed by atoms with E-state index in [9.17, 15) is 0 Å². The Hall–Kier alpha value is -1.83. The van der Waals surface area contributed by atoms with Crippen LogP contribution in [0.15, 0.2) is 6.33 Å². The summed E-state index contributed by atoms with van der Waals surface area (Å²) in [6.45, 7) is 10.6. The van der Waals surface area contributed by atoms with Crippen LogP contribution >= 0.6 is 0 Å². The monoisotopic (exact) mass is 261 g/mol. The first kappa shape index (κ1) is 15.2. The number of nitriles is 1. The first-order valence-corrected chi connectivity index (χ1v) is 6.84. The van der Waals surface area contributed by atoms with Crippen molar-refractivity contribution in [3.05, 3.63) is 11.9 Å². The van der Waals surface area contributed by atoms with E-state index in [0.717, 1.165) is 36.7 Å². The van der Waals surface area contributed by atoms with Crippen LogP contribution in [0.3, 0.4) is 0 Å². The van der Waals surface area contributed by atoms with Crippen LogP contribution in [0.2, 0.25) is 0 Å². The summed E-state index contributed by atoms with van der Waals surface area (Å²) >= 11 is 0. The van der Waals surface area contributed by atoms with Gasteiger partial charge >= 0.3 is 0 Å². The summed E-state index contributed by atoms with van der Waals surface area (Å²) in [4.78, 5) is 10.8. The van der Waals surface area contributed by atoms with E-state index in [4.69, 9.17) is 5.26 Å². The van der Waals surface area contributed by atoms with Crippen molar-refractivity contribution in [1.82, 2.24) is 9.97 Å². The molecule has 0 bridgehead atoms. The minimum absolute atomic E-state index is 0.0126. The maximum absolute atomic E-state index is 8.94. The second-order valence-corrected chi connectivity index (χ2v) is 4.67. The van der Waals surface area contributed by atoms with Crippen LogP contribution in [0.4, 0.5) is 11.6 Å². The number of aromatic nitrogens is 2. The van der Waals surface area contributed by atoms with Gasteiger partial charge in [-0.05, 0) is 27.2 Å². The zero-order chi connectivity index (χ0) is 14.3. The lowest BCUT2D eigenvalue weighted by Gasteiger charge is -2.25. The van der Waals surface area contributed by atoms with E-state index in [1.54, 1.807) is 6.33 Å². The largest absolute Gasteiger partial charge is 0.370 e. The lowest BCUT2D eigenvalue weighted by molar-refractivity contribution is 0.677. The van der Waals surface area contributed by atoms with Gasteiger partial charge in [0.25, 0.3) is 0 Å². The second-order valence-electron chi connectivity index (χ2n) is 4.67. The van der Waals surface area contributed by atoms with Gasteiger partial charge in [-0.3, -0.25) is 0 Å². The molecule has 104 valence electrons. The van der Waals surface area contributed by atoms with E-state index in [2.05, 4.69) is 40.1 Å². The average molecular weight is 261 g/mol. The molecule has 1 N–H and O–H groups in total. The molecule has 1 unspecified atom stereocenters. The van der Waals surface area contributed by atoms with Crippen molar-refractivity contribution in [2.24, 2.45) is 5.92 Å². The molecule has 1 aromatic rings. The highest BCUT2D eigenvalue weighted by atomic mass is 15.2. The average Bonchev–Trinajstić information content (AvgIpc) is 2.43. The molecule has 1 atom stereocenters. The zero-order valence-corrected chi connectivity index (χ0v) is 12.3. The second kappa shape index (κ2) is 7.57. The lowest BCUT2D eigenvalue weighted by atomic mass is 10.2. The summed E-state index contributed by atoms with van der Waals surface area (Å²) in [6, 6.07) is 2.27. The van der Waals surface area contributed by atoms with Gasteiger partial charge in [0, 0.05) is 25.2 Å². The van der Waals surface area contributed by atoms with E-state index in [1.807, 2.05) is 13.8 Å². The van der Waals surface area contributed by atoms with Crippen molar-refractivity contribution in [2.75, 3.05) is 29.9 Å². The predicted molar refractivity (Wildman–Crippen MR) is 78.2 cm³/mol. The van der Waals surface area contributed by atoms with E-state index < -0.39 is 0 Å². The van der Waals surface area contributed by atoms with E-state index in [0.29, 0.717) is 6.54 Å². The summed E-state index contributed by atoms with van der Waals surface area (Å²) in [6.07, 6.45) is 2.64. The number of hydrogen-bond donors (Lipinski definition) is 1. The third-order valence-corrected chi connectivity index (χ3v) is 3.00. The van der Waals surface area contributed by atoms with Gasteiger partial charge in [0.1, 0.15) is 18.0 Å². The Bertz CT molecular complexity index is 438. The van der Waals surface area contributed by atoms with Gasteiger partial charge in [-0.25, -0.2) is 9.97 Å². The maximum atomic E-state index is 8.94. The molecule has 0 aliphatic heterocycles. The first-order chi connectivity index (χ1) is 9.13. The molecule has 19 heavy (non-hydrogen) atoms. The molecule has 0 saturated heterocycles. The van der Waals surface area contributed by atoms with Crippen molar-refractivity contribution in [1.29, 1.82) is 5.26 Å². The molecule has 0 aromatic carbocycles. The van der Waals surface area contributed by atoms with Crippen LogP contribution in [0.1, 0.15) is 32.8 Å². The number of nitrogens with one attached hydrogen (secondary N) is 1. The van der Waals surface area contributed by atoms with Crippen LogP contribution in [-0.2, 0) is 0 Å². The van der Waals surface area contributed by atoms with Gasteiger partial charge in [-0.1, -0.05) is 6.92 Å². The van der Waals surface area contributed by atoms with Crippen molar-refractivity contribution in [3.8, 4) is 6.07 Å². The molecular formula is C14H23N5. The molecule has 0 fully saturated rings. The third kappa shape index (κ3) is 4.09. The smallest absolute Gasteiger partial charge is 0.137 e. The Labute approximate surface area is 115 Å². The fourth-order valence-electron chi connectivity index (χ4n) is 1.92. The normalized spacial score (nSPS) is 11.7. The molecule has 1 aromatic heterocycles. The van der Waals surface area contributed by atoms with Crippen molar-refractivity contribution in [3.63, 3.8) is 0 Å². The van der Waals surface area contributed by atoms with Gasteiger partial charge in [0.2, 0.25) is 0 Å². The Morgan fingerprint density at radius 2 is 2.16 bits per heavy atom. The van der Waals surface area contributed by atoms with Gasteiger partial charge in [0.05, 0.1) is 12.0 Å². The fraction of sp³-hybridized carbons (Fsp3) is 0.643. The summed E-state index contributed by atoms with van der Waals surface area (Å²) < 4.78 is 0. The minimum atomic E-state index is -0.0126. The summed E-state index contributed by atoms with van der Waals surface area (Å²) in [5, 5.41) is 12.3. The van der Waals surface area contributed by atoms with Crippen LogP contribution in [-0.4, -0.2) is 29.6 Å². The number of nitrogens with zero attached hydrogens (tertiary/aromatic N) is 4. The topological polar surface area (TPSA) is 64.8 Å². The number of anilines is 2. The lowest BCUT2D eigenvalue weighted by Crippen LogP contribution is -2.29. The van der Waals surface area contributed by atoms with E-state index in [-0.39, 0.29) is 5.92 Å². The third-order valence-electron chi connectivity index (χ3n) is 3.00. The van der Waals surface area contributed by atoms with Crippen LogP contribution in [0.25, 0.3) is 0 Å². The Kier molecular flexibility index (Phi) is 6.07. The summed E-state index contributed by atoms with van der Waals surface area (Å²) in [7, 11) is 0. The molecule has 1 heterocycles. The molecule has 0 aliphatic carbocycles. The van der Waals surface area contributed by atoms with Gasteiger partial charge in [-0.2, -0.15) is 5.26 Å². The fourth-order valence-corrected chi connectivity index (χ4v) is 1.92. The molecule has 0 saturated carbocycles. The highest BCUT2D eigenvalue weighted by Gasteiger charge is 2.15. The molecule has 0 aliphatic rings. The first-order valence-electron chi connectivity index (χ1n) is 6.84. The molecule has 0 radical (unpaired) electrons. The van der Waals surface area contributed by atoms with Crippen LogP contribution in [0, 0.1) is 24.2 Å². The SMILES string of the molecule is CCCNc1ncnc(N(CC)CC(C)C#N)c1C. The number of rotatable bonds is 7. The molecule has 5 nitrogen and oxygen atoms in total. The van der Waals surface area contributed by atoms with Gasteiger partial charge in [-0.15, -0.1) is 0 Å². The molecule has 0 spiro atoms. The Morgan fingerprint density at radius 3 is 2.74 bits per heavy atom. The minimum Gasteiger partial charge on any atom is -0.370 e. The van der Waals surface area contributed by atoms with E-state index >= 15 is 0 Å². The molecular weight excluding hydrogens is 238 g/mol. The number of hydrogen-bond acceptors (Lipinski definition) is 5. The molecule has 1 rings (SSSR count). The van der Waals surface area contributed by atoms with Crippen LogP contribution < -0.4 is 10.2 Å². The Morgan fingerprint density at radius 1 is 1.42 bits per heavy atom.